The summed E-state index contributed by atoms with van der Waals surface area (Å²) in [6.07, 6.45) is -0.0658. The number of nitrogens with one attached hydrogen (secondary N) is 1. The molecule has 0 radical (unpaired) electrons. The molecular formula is C23H20F5N7. The number of pyridine rings is 1. The number of aromatic nitrogens is 4. The lowest BCUT2D eigenvalue weighted by molar-refractivity contribution is -0.177. The van der Waals surface area contributed by atoms with E-state index in [9.17, 15) is 22.0 Å². The number of fused-ring (bicyclic) bond motifs is 1. The van der Waals surface area contributed by atoms with Gasteiger partial charge in [-0.1, -0.05) is 6.07 Å². The number of hydrogen-bond acceptors (Lipinski definition) is 6. The summed E-state index contributed by atoms with van der Waals surface area (Å²) in [5.74, 6) is -2.88. The summed E-state index contributed by atoms with van der Waals surface area (Å²) in [7, 11) is 0. The largest absolute Gasteiger partial charge is 0.393 e. The van der Waals surface area contributed by atoms with Crippen LogP contribution in [-0.2, 0) is 0 Å². The average molecular weight is 489 g/mol. The zero-order chi connectivity index (χ0) is 24.7. The SMILES string of the molecule is N[C@H]1C[C@H](C(F)(F)F)CN(c2ccncc2Nc2ncc3ccc(-c4c(F)cccc4F)nn23)C1. The summed E-state index contributed by atoms with van der Waals surface area (Å²) in [4.78, 5) is 9.92. The lowest BCUT2D eigenvalue weighted by Gasteiger charge is -2.39. The number of imidazole rings is 1. The fourth-order valence-corrected chi connectivity index (χ4v) is 4.30. The van der Waals surface area contributed by atoms with Gasteiger partial charge in [-0.25, -0.2) is 13.8 Å². The van der Waals surface area contributed by atoms with Gasteiger partial charge in [-0.3, -0.25) is 4.98 Å². The van der Waals surface area contributed by atoms with E-state index in [1.807, 2.05) is 0 Å². The fourth-order valence-electron chi connectivity index (χ4n) is 4.30. The van der Waals surface area contributed by atoms with Gasteiger partial charge in [-0.2, -0.15) is 22.8 Å². The van der Waals surface area contributed by atoms with E-state index < -0.39 is 29.8 Å². The molecule has 12 heteroatoms. The summed E-state index contributed by atoms with van der Waals surface area (Å²) < 4.78 is 70.2. The molecule has 1 fully saturated rings. The lowest BCUT2D eigenvalue weighted by atomic mass is 9.93. The van der Waals surface area contributed by atoms with Crippen molar-refractivity contribution in [3.63, 3.8) is 0 Å². The third-order valence-electron chi connectivity index (χ3n) is 5.93. The van der Waals surface area contributed by atoms with Crippen molar-refractivity contribution in [2.75, 3.05) is 23.3 Å². The van der Waals surface area contributed by atoms with Crippen molar-refractivity contribution in [3.8, 4) is 11.3 Å². The number of hydrogen-bond donors (Lipinski definition) is 2. The van der Waals surface area contributed by atoms with Crippen LogP contribution in [0, 0.1) is 17.6 Å². The summed E-state index contributed by atoms with van der Waals surface area (Å²) >= 11 is 0. The Hall–Kier alpha value is -3.80. The van der Waals surface area contributed by atoms with Crippen molar-refractivity contribution in [1.29, 1.82) is 0 Å². The minimum atomic E-state index is -4.36. The Labute approximate surface area is 196 Å². The molecule has 3 N–H and O–H groups in total. The van der Waals surface area contributed by atoms with Gasteiger partial charge < -0.3 is 16.0 Å². The Balaban J connectivity index is 1.50. The Morgan fingerprint density at radius 3 is 2.51 bits per heavy atom. The first-order chi connectivity index (χ1) is 16.7. The van der Waals surface area contributed by atoms with Gasteiger partial charge in [0.2, 0.25) is 5.95 Å². The number of nitrogens with two attached hydrogens (primary N) is 1. The number of anilines is 3. The van der Waals surface area contributed by atoms with E-state index in [4.69, 9.17) is 5.73 Å². The van der Waals surface area contributed by atoms with Crippen LogP contribution < -0.4 is 16.0 Å². The van der Waals surface area contributed by atoms with E-state index in [0.717, 1.165) is 12.1 Å². The maximum atomic E-state index is 14.3. The molecule has 4 heterocycles. The predicted octanol–water partition coefficient (Wildman–Crippen LogP) is 4.53. The van der Waals surface area contributed by atoms with Crippen molar-refractivity contribution < 1.29 is 22.0 Å². The molecule has 1 aliphatic heterocycles. The molecular weight excluding hydrogens is 469 g/mol. The quantitative estimate of drug-likeness (QED) is 0.410. The predicted molar refractivity (Wildman–Crippen MR) is 120 cm³/mol. The Bertz CT molecular complexity index is 1350. The number of alkyl halides is 3. The van der Waals surface area contributed by atoms with Crippen LogP contribution >= 0.6 is 0 Å². The molecule has 5 rings (SSSR count). The highest BCUT2D eigenvalue weighted by Crippen LogP contribution is 2.37. The molecule has 7 nitrogen and oxygen atoms in total. The molecule has 35 heavy (non-hydrogen) atoms. The number of halogens is 5. The van der Waals surface area contributed by atoms with Crippen molar-refractivity contribution in [1.82, 2.24) is 19.6 Å². The Morgan fingerprint density at radius 2 is 1.77 bits per heavy atom. The van der Waals surface area contributed by atoms with E-state index in [2.05, 4.69) is 20.4 Å². The van der Waals surface area contributed by atoms with Gasteiger partial charge in [0.15, 0.2) is 0 Å². The van der Waals surface area contributed by atoms with Gasteiger partial charge in [0.25, 0.3) is 0 Å². The van der Waals surface area contributed by atoms with Crippen LogP contribution in [0.5, 0.6) is 0 Å². The van der Waals surface area contributed by atoms with Gasteiger partial charge in [0.1, 0.15) is 11.6 Å². The molecule has 0 spiro atoms. The Kier molecular flexibility index (Phi) is 5.75. The normalized spacial score (nSPS) is 18.7. The molecule has 2 atom stereocenters. The number of rotatable bonds is 4. The van der Waals surface area contributed by atoms with Crippen LogP contribution in [0.4, 0.5) is 39.3 Å². The molecule has 1 aromatic carbocycles. The van der Waals surface area contributed by atoms with Gasteiger partial charge in [-0.05, 0) is 36.8 Å². The molecule has 0 aliphatic carbocycles. The molecule has 0 bridgehead atoms. The molecule has 0 unspecified atom stereocenters. The summed E-state index contributed by atoms with van der Waals surface area (Å²) in [5, 5.41) is 7.38. The monoisotopic (exact) mass is 489 g/mol. The molecule has 4 aromatic rings. The van der Waals surface area contributed by atoms with Gasteiger partial charge in [0.05, 0.1) is 46.5 Å². The van der Waals surface area contributed by atoms with Gasteiger partial charge in [0, 0.05) is 25.3 Å². The van der Waals surface area contributed by atoms with Gasteiger partial charge >= 0.3 is 6.18 Å². The van der Waals surface area contributed by atoms with E-state index >= 15 is 0 Å². The van der Waals surface area contributed by atoms with Crippen LogP contribution in [0.1, 0.15) is 6.42 Å². The second-order valence-corrected chi connectivity index (χ2v) is 8.39. The fraction of sp³-hybridized carbons (Fsp3) is 0.261. The molecule has 1 saturated heterocycles. The third-order valence-corrected chi connectivity index (χ3v) is 5.93. The maximum Gasteiger partial charge on any atom is 0.393 e. The summed E-state index contributed by atoms with van der Waals surface area (Å²) in [6, 6.07) is 7.56. The van der Waals surface area contributed by atoms with Crippen LogP contribution in [0.15, 0.2) is 55.0 Å². The smallest absolute Gasteiger partial charge is 0.368 e. The van der Waals surface area contributed by atoms with Crippen molar-refractivity contribution in [2.45, 2.75) is 18.6 Å². The highest BCUT2D eigenvalue weighted by atomic mass is 19.4. The summed E-state index contributed by atoms with van der Waals surface area (Å²) in [5.41, 5.74) is 7.11. The van der Waals surface area contributed by atoms with Crippen molar-refractivity contribution >= 4 is 22.8 Å². The third kappa shape index (κ3) is 4.48. The minimum Gasteiger partial charge on any atom is -0.368 e. The second kappa shape index (κ2) is 8.77. The molecule has 0 amide bonds. The summed E-state index contributed by atoms with van der Waals surface area (Å²) in [6.45, 7) is -0.00422. The molecule has 1 aliphatic rings. The number of piperidine rings is 1. The average Bonchev–Trinajstić information content (AvgIpc) is 3.20. The highest BCUT2D eigenvalue weighted by Gasteiger charge is 2.44. The van der Waals surface area contributed by atoms with Crippen LogP contribution in [0.25, 0.3) is 16.8 Å². The van der Waals surface area contributed by atoms with Crippen molar-refractivity contribution in [2.24, 2.45) is 11.7 Å². The van der Waals surface area contributed by atoms with Crippen LogP contribution in [-0.4, -0.2) is 44.9 Å². The molecule has 182 valence electrons. The second-order valence-electron chi connectivity index (χ2n) is 8.39. The van der Waals surface area contributed by atoms with E-state index in [0.29, 0.717) is 16.9 Å². The maximum absolute atomic E-state index is 14.3. The zero-order valence-corrected chi connectivity index (χ0v) is 18.2. The zero-order valence-electron chi connectivity index (χ0n) is 18.2. The number of benzene rings is 1. The van der Waals surface area contributed by atoms with Gasteiger partial charge in [-0.15, -0.1) is 0 Å². The highest BCUT2D eigenvalue weighted by molar-refractivity contribution is 5.74. The van der Waals surface area contributed by atoms with E-state index in [-0.39, 0.29) is 36.7 Å². The van der Waals surface area contributed by atoms with E-state index in [1.165, 1.54) is 35.2 Å². The van der Waals surface area contributed by atoms with Crippen LogP contribution in [0.2, 0.25) is 0 Å². The minimum absolute atomic E-state index is 0.0515. The molecule has 3 aromatic heterocycles. The van der Waals surface area contributed by atoms with Crippen molar-refractivity contribution in [3.05, 3.63) is 66.6 Å². The number of nitrogens with zero attached hydrogens (tertiary/aromatic N) is 5. The molecule has 0 saturated carbocycles. The standard InChI is InChI=1S/C23H20F5N7/c24-16-2-1-3-17(25)21(16)18-5-4-15-9-31-22(35(15)33-18)32-19-10-30-7-6-20(19)34-11-13(23(26,27)28)8-14(29)12-34/h1-7,9-10,13-14H,8,11-12,29H2,(H,31,32)/t13-,14-/m0/s1. The topological polar surface area (TPSA) is 84.4 Å². The van der Waals surface area contributed by atoms with Crippen LogP contribution in [0.3, 0.4) is 0 Å². The lowest BCUT2D eigenvalue weighted by Crippen LogP contribution is -2.51. The first kappa shape index (κ1) is 23.0. The first-order valence-corrected chi connectivity index (χ1v) is 10.8. The Morgan fingerprint density at radius 1 is 1.00 bits per heavy atom. The first-order valence-electron chi connectivity index (χ1n) is 10.8. The van der Waals surface area contributed by atoms with E-state index in [1.54, 1.807) is 17.0 Å².